The maximum absolute atomic E-state index is 13.8. The highest BCUT2D eigenvalue weighted by molar-refractivity contribution is 6.31. The smallest absolute Gasteiger partial charge is 0.326 e. The summed E-state index contributed by atoms with van der Waals surface area (Å²) >= 11 is 6.27. The second-order valence-electron chi connectivity index (χ2n) is 7.35. The summed E-state index contributed by atoms with van der Waals surface area (Å²) in [6.07, 6.45) is 1.07. The van der Waals surface area contributed by atoms with E-state index in [-0.39, 0.29) is 12.5 Å². The van der Waals surface area contributed by atoms with Gasteiger partial charge in [-0.2, -0.15) is 0 Å². The van der Waals surface area contributed by atoms with Crippen molar-refractivity contribution in [2.75, 3.05) is 18.1 Å². The van der Waals surface area contributed by atoms with Crippen LogP contribution in [0.3, 0.4) is 0 Å². The number of carboxylic acids is 1. The van der Waals surface area contributed by atoms with Gasteiger partial charge in [-0.25, -0.2) is 4.79 Å². The topological polar surface area (TPSA) is 76.1 Å². The minimum atomic E-state index is -1.09. The Morgan fingerprint density at radius 3 is 2.82 bits per heavy atom. The third-order valence-electron chi connectivity index (χ3n) is 5.94. The van der Waals surface area contributed by atoms with Crippen LogP contribution >= 0.6 is 11.6 Å². The van der Waals surface area contributed by atoms with E-state index >= 15 is 0 Å². The van der Waals surface area contributed by atoms with E-state index in [2.05, 4.69) is 0 Å². The van der Waals surface area contributed by atoms with Gasteiger partial charge in [0.2, 0.25) is 5.91 Å². The molecule has 7 heteroatoms. The lowest BCUT2D eigenvalue weighted by Gasteiger charge is -2.27. The SMILES string of the molecule is CCC(C(=O)O)N1C(=O)C2(COc3cc4c(cc32)CCO4)c2cc(Cl)ccc21. The fraction of sp³-hybridized carbons (Fsp3) is 0.333. The minimum absolute atomic E-state index is 0.115. The molecule has 3 aliphatic heterocycles. The molecule has 2 aromatic carbocycles. The third kappa shape index (κ3) is 2.09. The number of carboxylic acid groups (broad SMARTS) is 1. The molecule has 6 nitrogen and oxygen atoms in total. The van der Waals surface area contributed by atoms with Gasteiger partial charge < -0.3 is 14.6 Å². The Bertz CT molecular complexity index is 1040. The molecular weight excluding hydrogens is 382 g/mol. The molecule has 5 rings (SSSR count). The van der Waals surface area contributed by atoms with Crippen molar-refractivity contribution in [3.05, 3.63) is 52.0 Å². The normalized spacial score (nSPS) is 22.5. The molecule has 3 heterocycles. The van der Waals surface area contributed by atoms with E-state index in [4.69, 9.17) is 21.1 Å². The number of benzene rings is 2. The number of anilines is 1. The molecule has 1 N–H and O–H groups in total. The van der Waals surface area contributed by atoms with Gasteiger partial charge in [0.15, 0.2) is 0 Å². The molecule has 0 radical (unpaired) electrons. The van der Waals surface area contributed by atoms with Crippen LogP contribution in [0.5, 0.6) is 11.5 Å². The first-order valence-electron chi connectivity index (χ1n) is 9.27. The highest BCUT2D eigenvalue weighted by atomic mass is 35.5. The molecule has 2 unspecified atom stereocenters. The first kappa shape index (κ1) is 17.4. The molecule has 0 fully saturated rings. The van der Waals surface area contributed by atoms with Crippen LogP contribution in [0.4, 0.5) is 5.69 Å². The van der Waals surface area contributed by atoms with Crippen molar-refractivity contribution in [2.24, 2.45) is 0 Å². The number of carbonyl (C=O) groups is 2. The number of amides is 1. The van der Waals surface area contributed by atoms with Crippen LogP contribution in [0.1, 0.15) is 30.0 Å². The van der Waals surface area contributed by atoms with E-state index in [9.17, 15) is 14.7 Å². The Kier molecular flexibility index (Phi) is 3.65. The predicted octanol–water partition coefficient (Wildman–Crippen LogP) is 3.16. The number of rotatable bonds is 3. The first-order valence-corrected chi connectivity index (χ1v) is 9.64. The summed E-state index contributed by atoms with van der Waals surface area (Å²) < 4.78 is 11.6. The van der Waals surface area contributed by atoms with Crippen LogP contribution in [-0.4, -0.2) is 36.2 Å². The summed E-state index contributed by atoms with van der Waals surface area (Å²) in [6, 6.07) is 8.02. The van der Waals surface area contributed by atoms with Crippen molar-refractivity contribution >= 4 is 29.2 Å². The first-order chi connectivity index (χ1) is 13.5. The lowest BCUT2D eigenvalue weighted by Crippen LogP contribution is -2.49. The van der Waals surface area contributed by atoms with Crippen molar-refractivity contribution < 1.29 is 24.2 Å². The van der Waals surface area contributed by atoms with Crippen LogP contribution in [0, 0.1) is 0 Å². The molecule has 0 aromatic heterocycles. The molecule has 144 valence electrons. The Morgan fingerprint density at radius 1 is 1.25 bits per heavy atom. The lowest BCUT2D eigenvalue weighted by atomic mass is 9.76. The van der Waals surface area contributed by atoms with Crippen molar-refractivity contribution in [3.63, 3.8) is 0 Å². The highest BCUT2D eigenvalue weighted by Gasteiger charge is 2.59. The van der Waals surface area contributed by atoms with Crippen LogP contribution < -0.4 is 14.4 Å². The lowest BCUT2D eigenvalue weighted by molar-refractivity contribution is -0.140. The average Bonchev–Trinajstić information content (AvgIpc) is 3.33. The summed E-state index contributed by atoms with van der Waals surface area (Å²) in [6.45, 7) is 2.48. The summed E-state index contributed by atoms with van der Waals surface area (Å²) in [7, 11) is 0. The van der Waals surface area contributed by atoms with E-state index in [1.165, 1.54) is 4.90 Å². The number of hydrogen-bond acceptors (Lipinski definition) is 4. The second kappa shape index (κ2) is 5.88. The zero-order valence-electron chi connectivity index (χ0n) is 15.2. The van der Waals surface area contributed by atoms with Gasteiger partial charge in [-0.05, 0) is 36.2 Å². The highest BCUT2D eigenvalue weighted by Crippen LogP contribution is 2.55. The Balaban J connectivity index is 1.76. The number of nitrogens with zero attached hydrogens (tertiary/aromatic N) is 1. The second-order valence-corrected chi connectivity index (χ2v) is 7.78. The van der Waals surface area contributed by atoms with Crippen molar-refractivity contribution in [1.29, 1.82) is 0 Å². The molecule has 1 spiro atoms. The van der Waals surface area contributed by atoms with Gasteiger partial charge in [0.05, 0.1) is 6.61 Å². The molecule has 1 amide bonds. The molecule has 0 saturated carbocycles. The Morgan fingerprint density at radius 2 is 2.07 bits per heavy atom. The van der Waals surface area contributed by atoms with Crippen molar-refractivity contribution in [1.82, 2.24) is 0 Å². The van der Waals surface area contributed by atoms with Crippen LogP contribution in [0.15, 0.2) is 30.3 Å². The molecule has 2 atom stereocenters. The fourth-order valence-electron chi connectivity index (χ4n) is 4.59. The van der Waals surface area contributed by atoms with E-state index in [1.807, 2.05) is 12.1 Å². The standard InChI is InChI=1S/C21H18ClNO5/c1-2-15(19(24)25)23-16-4-3-12(22)8-13(16)21(20(23)26)10-28-18-9-17-11(5-6-27-17)7-14(18)21/h3-4,7-9,15H,2,5-6,10H2,1H3,(H,24,25). The van der Waals surface area contributed by atoms with E-state index in [0.29, 0.717) is 35.1 Å². The maximum atomic E-state index is 13.8. The molecule has 0 bridgehead atoms. The summed E-state index contributed by atoms with van der Waals surface area (Å²) in [5, 5.41) is 10.2. The van der Waals surface area contributed by atoms with Gasteiger partial charge in [-0.3, -0.25) is 9.69 Å². The Hall–Kier alpha value is -2.73. The number of hydrogen-bond donors (Lipinski definition) is 1. The van der Waals surface area contributed by atoms with Gasteiger partial charge >= 0.3 is 5.97 Å². The summed E-state index contributed by atoms with van der Waals surface area (Å²) in [5.41, 5.74) is 1.98. The zero-order chi connectivity index (χ0) is 19.6. The number of aliphatic carboxylic acids is 1. The van der Waals surface area contributed by atoms with Crippen molar-refractivity contribution in [3.8, 4) is 11.5 Å². The average molecular weight is 400 g/mol. The van der Waals surface area contributed by atoms with Gasteiger partial charge in [-0.15, -0.1) is 0 Å². The fourth-order valence-corrected chi connectivity index (χ4v) is 4.76. The quantitative estimate of drug-likeness (QED) is 0.858. The number of fused-ring (bicyclic) bond motifs is 5. The maximum Gasteiger partial charge on any atom is 0.326 e. The van der Waals surface area contributed by atoms with Crippen LogP contribution in [0.2, 0.25) is 5.02 Å². The monoisotopic (exact) mass is 399 g/mol. The van der Waals surface area contributed by atoms with Gasteiger partial charge in [0, 0.05) is 34.3 Å². The van der Waals surface area contributed by atoms with E-state index in [1.54, 1.807) is 25.1 Å². The summed E-state index contributed by atoms with van der Waals surface area (Å²) in [5.74, 6) is 0.0680. The predicted molar refractivity (Wildman–Crippen MR) is 103 cm³/mol. The van der Waals surface area contributed by atoms with Gasteiger partial charge in [0.1, 0.15) is 29.6 Å². The Labute approximate surface area is 166 Å². The summed E-state index contributed by atoms with van der Waals surface area (Å²) in [4.78, 5) is 27.0. The number of halogens is 1. The molecule has 28 heavy (non-hydrogen) atoms. The number of carbonyl (C=O) groups excluding carboxylic acids is 1. The largest absolute Gasteiger partial charge is 0.493 e. The third-order valence-corrected chi connectivity index (χ3v) is 6.18. The van der Waals surface area contributed by atoms with Crippen LogP contribution in [-0.2, 0) is 21.4 Å². The minimum Gasteiger partial charge on any atom is -0.493 e. The molecule has 0 aliphatic carbocycles. The van der Waals surface area contributed by atoms with Crippen LogP contribution in [0.25, 0.3) is 0 Å². The molecular formula is C21H18ClNO5. The zero-order valence-corrected chi connectivity index (χ0v) is 16.0. The van der Waals surface area contributed by atoms with Crippen molar-refractivity contribution in [2.45, 2.75) is 31.2 Å². The molecule has 2 aromatic rings. The van der Waals surface area contributed by atoms with E-state index in [0.717, 1.165) is 23.3 Å². The van der Waals surface area contributed by atoms with E-state index < -0.39 is 17.4 Å². The molecule has 3 aliphatic rings. The molecule has 0 saturated heterocycles. The number of ether oxygens (including phenoxy) is 2. The van der Waals surface area contributed by atoms with Gasteiger partial charge in [-0.1, -0.05) is 18.5 Å². The van der Waals surface area contributed by atoms with Gasteiger partial charge in [0.25, 0.3) is 0 Å².